The summed E-state index contributed by atoms with van der Waals surface area (Å²) in [6, 6.07) is 13.8. The molecule has 0 fully saturated rings. The topological polar surface area (TPSA) is 67.5 Å². The van der Waals surface area contributed by atoms with E-state index in [0.29, 0.717) is 11.1 Å². The zero-order valence-corrected chi connectivity index (χ0v) is 11.3. The molecule has 1 heterocycles. The number of carbonyl (C=O) groups is 1. The quantitative estimate of drug-likeness (QED) is 0.780. The van der Waals surface area contributed by atoms with Crippen LogP contribution in [0, 0.1) is 6.92 Å². The number of para-hydroxylation sites is 1. The van der Waals surface area contributed by atoms with Gasteiger partial charge in [-0.1, -0.05) is 35.9 Å². The first kappa shape index (κ1) is 13.1. The lowest BCUT2D eigenvalue weighted by Gasteiger charge is -2.07. The molecule has 4 heteroatoms. The minimum Gasteiger partial charge on any atom is -0.477 e. The van der Waals surface area contributed by atoms with Crippen LogP contribution in [0.25, 0.3) is 22.3 Å². The molecule has 0 saturated carbocycles. The first-order valence-corrected chi connectivity index (χ1v) is 6.44. The number of fused-ring (bicyclic) bond motifs is 1. The van der Waals surface area contributed by atoms with Crippen molar-refractivity contribution >= 4 is 16.9 Å². The van der Waals surface area contributed by atoms with Crippen molar-refractivity contribution in [3.05, 3.63) is 69.9 Å². The fourth-order valence-corrected chi connectivity index (χ4v) is 2.33. The summed E-state index contributed by atoms with van der Waals surface area (Å²) in [5.41, 5.74) is 1.05. The highest BCUT2D eigenvalue weighted by Crippen LogP contribution is 2.26. The minimum atomic E-state index is -1.29. The van der Waals surface area contributed by atoms with Gasteiger partial charge in [0.15, 0.2) is 11.3 Å². The third-order valence-electron chi connectivity index (χ3n) is 3.29. The van der Waals surface area contributed by atoms with Crippen molar-refractivity contribution in [1.82, 2.24) is 0 Å². The van der Waals surface area contributed by atoms with E-state index in [1.165, 1.54) is 0 Å². The maximum absolute atomic E-state index is 12.4. The van der Waals surface area contributed by atoms with Crippen molar-refractivity contribution in [3.63, 3.8) is 0 Å². The van der Waals surface area contributed by atoms with Gasteiger partial charge in [-0.05, 0) is 25.1 Å². The van der Waals surface area contributed by atoms with Gasteiger partial charge >= 0.3 is 5.97 Å². The van der Waals surface area contributed by atoms with E-state index in [4.69, 9.17) is 4.42 Å². The number of aryl methyl sites for hydroxylation is 1. The average molecular weight is 280 g/mol. The molecule has 21 heavy (non-hydrogen) atoms. The van der Waals surface area contributed by atoms with Crippen LogP contribution < -0.4 is 5.43 Å². The molecule has 0 aliphatic carbocycles. The number of benzene rings is 2. The summed E-state index contributed by atoms with van der Waals surface area (Å²) in [5, 5.41) is 9.65. The molecule has 104 valence electrons. The molecule has 0 aliphatic heterocycles. The van der Waals surface area contributed by atoms with Crippen LogP contribution in [0.4, 0.5) is 0 Å². The minimum absolute atomic E-state index is 0.0925. The number of hydrogen-bond donors (Lipinski definition) is 1. The Morgan fingerprint density at radius 2 is 1.86 bits per heavy atom. The molecule has 0 amide bonds. The third-order valence-corrected chi connectivity index (χ3v) is 3.29. The third kappa shape index (κ3) is 2.21. The standard InChI is InChI=1S/C17H12O4/c1-10-5-4-6-11(9-10)16-14(17(19)20)15(18)12-7-2-3-8-13(12)21-16/h2-9H,1H3,(H,19,20). The van der Waals surface area contributed by atoms with Crippen LogP contribution >= 0.6 is 0 Å². The van der Waals surface area contributed by atoms with Gasteiger partial charge in [-0.25, -0.2) is 4.79 Å². The maximum Gasteiger partial charge on any atom is 0.343 e. The van der Waals surface area contributed by atoms with Crippen LogP contribution in [0.3, 0.4) is 0 Å². The summed E-state index contributed by atoms with van der Waals surface area (Å²) in [4.78, 5) is 23.9. The number of carboxylic acids is 1. The molecule has 1 aromatic heterocycles. The Hall–Kier alpha value is -2.88. The number of hydrogen-bond acceptors (Lipinski definition) is 3. The second kappa shape index (κ2) is 4.90. The Morgan fingerprint density at radius 3 is 2.57 bits per heavy atom. The summed E-state index contributed by atoms with van der Waals surface area (Å²) in [7, 11) is 0. The molecular formula is C17H12O4. The summed E-state index contributed by atoms with van der Waals surface area (Å²) >= 11 is 0. The number of aromatic carboxylic acids is 1. The molecule has 0 spiro atoms. The molecule has 3 aromatic rings. The Kier molecular flexibility index (Phi) is 3.06. The van der Waals surface area contributed by atoms with Crippen LogP contribution in [-0.4, -0.2) is 11.1 Å². The second-order valence-electron chi connectivity index (χ2n) is 4.81. The van der Waals surface area contributed by atoms with E-state index in [1.807, 2.05) is 13.0 Å². The first-order chi connectivity index (χ1) is 10.1. The molecule has 0 atom stereocenters. The molecule has 4 nitrogen and oxygen atoms in total. The lowest BCUT2D eigenvalue weighted by molar-refractivity contribution is 0.0694. The van der Waals surface area contributed by atoms with Crippen molar-refractivity contribution in [2.24, 2.45) is 0 Å². The van der Waals surface area contributed by atoms with Gasteiger partial charge in [-0.2, -0.15) is 0 Å². The van der Waals surface area contributed by atoms with Crippen molar-refractivity contribution in [2.45, 2.75) is 6.92 Å². The summed E-state index contributed by atoms with van der Waals surface area (Å²) in [6.45, 7) is 1.89. The van der Waals surface area contributed by atoms with Crippen molar-refractivity contribution in [1.29, 1.82) is 0 Å². The highest BCUT2D eigenvalue weighted by molar-refractivity contribution is 5.97. The molecule has 1 N–H and O–H groups in total. The van der Waals surface area contributed by atoms with Crippen molar-refractivity contribution < 1.29 is 14.3 Å². The van der Waals surface area contributed by atoms with Gasteiger partial charge in [-0.3, -0.25) is 4.79 Å². The van der Waals surface area contributed by atoms with Gasteiger partial charge in [-0.15, -0.1) is 0 Å². The predicted molar refractivity (Wildman–Crippen MR) is 79.6 cm³/mol. The molecule has 0 aliphatic rings. The molecular weight excluding hydrogens is 268 g/mol. The van der Waals surface area contributed by atoms with E-state index in [0.717, 1.165) is 5.56 Å². The lowest BCUT2D eigenvalue weighted by Crippen LogP contribution is -2.16. The van der Waals surface area contributed by atoms with Crippen LogP contribution in [0.2, 0.25) is 0 Å². The van der Waals surface area contributed by atoms with E-state index < -0.39 is 11.4 Å². The van der Waals surface area contributed by atoms with E-state index in [9.17, 15) is 14.7 Å². The number of rotatable bonds is 2. The van der Waals surface area contributed by atoms with E-state index >= 15 is 0 Å². The second-order valence-corrected chi connectivity index (χ2v) is 4.81. The van der Waals surface area contributed by atoms with E-state index in [-0.39, 0.29) is 16.7 Å². The van der Waals surface area contributed by atoms with Gasteiger partial charge < -0.3 is 9.52 Å². The Balaban J connectivity index is 2.44. The van der Waals surface area contributed by atoms with Gasteiger partial charge in [0, 0.05) is 5.56 Å². The van der Waals surface area contributed by atoms with Crippen molar-refractivity contribution in [3.8, 4) is 11.3 Å². The zero-order chi connectivity index (χ0) is 15.0. The molecule has 3 rings (SSSR count). The zero-order valence-electron chi connectivity index (χ0n) is 11.3. The molecule has 0 radical (unpaired) electrons. The summed E-state index contributed by atoms with van der Waals surface area (Å²) in [6.07, 6.45) is 0. The fourth-order valence-electron chi connectivity index (χ4n) is 2.33. The van der Waals surface area contributed by atoms with Gasteiger partial charge in [0.05, 0.1) is 5.39 Å². The molecule has 0 saturated heterocycles. The normalized spacial score (nSPS) is 10.7. The smallest absolute Gasteiger partial charge is 0.343 e. The van der Waals surface area contributed by atoms with Gasteiger partial charge in [0.2, 0.25) is 5.43 Å². The van der Waals surface area contributed by atoms with E-state index in [1.54, 1.807) is 42.5 Å². The summed E-state index contributed by atoms with van der Waals surface area (Å²) in [5.74, 6) is -1.19. The highest BCUT2D eigenvalue weighted by atomic mass is 16.4. The molecule has 0 bridgehead atoms. The Bertz CT molecular complexity index is 906. The van der Waals surface area contributed by atoms with E-state index in [2.05, 4.69) is 0 Å². The van der Waals surface area contributed by atoms with Crippen molar-refractivity contribution in [2.75, 3.05) is 0 Å². The fraction of sp³-hybridized carbons (Fsp3) is 0.0588. The van der Waals surface area contributed by atoms with Crippen LogP contribution in [0.5, 0.6) is 0 Å². The van der Waals surface area contributed by atoms with Crippen LogP contribution in [-0.2, 0) is 0 Å². The molecule has 0 unspecified atom stereocenters. The number of carboxylic acid groups (broad SMARTS) is 1. The largest absolute Gasteiger partial charge is 0.477 e. The lowest BCUT2D eigenvalue weighted by atomic mass is 10.0. The van der Waals surface area contributed by atoms with Gasteiger partial charge in [0.1, 0.15) is 5.58 Å². The first-order valence-electron chi connectivity index (χ1n) is 6.44. The Morgan fingerprint density at radius 1 is 1.10 bits per heavy atom. The molecule has 2 aromatic carbocycles. The van der Waals surface area contributed by atoms with Crippen LogP contribution in [0.1, 0.15) is 15.9 Å². The van der Waals surface area contributed by atoms with Crippen LogP contribution in [0.15, 0.2) is 57.7 Å². The highest BCUT2D eigenvalue weighted by Gasteiger charge is 2.21. The van der Waals surface area contributed by atoms with Gasteiger partial charge in [0.25, 0.3) is 0 Å². The summed E-state index contributed by atoms with van der Waals surface area (Å²) < 4.78 is 5.70. The Labute approximate surface area is 120 Å². The predicted octanol–water partition coefficient (Wildman–Crippen LogP) is 3.47. The maximum atomic E-state index is 12.4. The average Bonchev–Trinajstić information content (AvgIpc) is 2.46. The monoisotopic (exact) mass is 280 g/mol. The SMILES string of the molecule is Cc1cccc(-c2oc3ccccc3c(=O)c2C(=O)O)c1.